The van der Waals surface area contributed by atoms with Crippen molar-refractivity contribution in [1.82, 2.24) is 0 Å². The van der Waals surface area contributed by atoms with Crippen molar-refractivity contribution in [3.63, 3.8) is 0 Å². The summed E-state index contributed by atoms with van der Waals surface area (Å²) in [5.41, 5.74) is 3.80. The monoisotopic (exact) mass is 462 g/mol. The lowest BCUT2D eigenvalue weighted by molar-refractivity contribution is -0.0980. The average molecular weight is 463 g/mol. The summed E-state index contributed by atoms with van der Waals surface area (Å²) in [6.07, 6.45) is 2.31. The fourth-order valence-corrected chi connectivity index (χ4v) is 3.95. The topological polar surface area (TPSA) is 83.5 Å². The third-order valence-corrected chi connectivity index (χ3v) is 5.62. The Morgan fingerprint density at radius 3 is 2.06 bits per heavy atom. The number of aryl methyl sites for hydroxylation is 2. The zero-order valence-electron chi connectivity index (χ0n) is 20.9. The third kappa shape index (κ3) is 7.02. The SMILES string of the molecule is C=O.CC.COCC1CCc2cc3c(cc2C1C)OCO3.COc1cc(C)cc(OC)c1O. The van der Waals surface area contributed by atoms with E-state index in [1.165, 1.54) is 31.8 Å². The first-order valence-corrected chi connectivity index (χ1v) is 11.1. The maximum Gasteiger partial charge on any atom is 0.231 e. The van der Waals surface area contributed by atoms with Gasteiger partial charge in [-0.05, 0) is 72.6 Å². The van der Waals surface area contributed by atoms with Crippen molar-refractivity contribution in [2.45, 2.75) is 46.5 Å². The van der Waals surface area contributed by atoms with E-state index in [2.05, 4.69) is 19.1 Å². The van der Waals surface area contributed by atoms with Gasteiger partial charge in [-0.2, -0.15) is 0 Å². The first kappa shape index (κ1) is 28.1. The van der Waals surface area contributed by atoms with Gasteiger partial charge in [-0.25, -0.2) is 0 Å². The summed E-state index contributed by atoms with van der Waals surface area (Å²) >= 11 is 0. The number of aromatic hydroxyl groups is 1. The van der Waals surface area contributed by atoms with E-state index in [-0.39, 0.29) is 5.75 Å². The number of methoxy groups -OCH3 is 3. The molecule has 2 unspecified atom stereocenters. The largest absolute Gasteiger partial charge is 0.502 e. The number of ether oxygens (including phenoxy) is 5. The first-order valence-electron chi connectivity index (χ1n) is 11.1. The van der Waals surface area contributed by atoms with Gasteiger partial charge in [0.1, 0.15) is 6.79 Å². The van der Waals surface area contributed by atoms with Crippen molar-refractivity contribution in [2.24, 2.45) is 5.92 Å². The standard InChI is InChI=1S/C14H18O3.C9H12O3.C2H6.CH2O/c1-9-11(7-15-2)4-3-10-5-13-14(6-12(9)10)17-8-16-13;1-6-4-7(11-2)9(10)8(5-6)12-3;2*1-2/h5-6,9,11H,3-4,7-8H2,1-2H3;4-5,10H,1-3H3;1-2H3;1H2. The van der Waals surface area contributed by atoms with Gasteiger partial charge in [-0.1, -0.05) is 20.8 Å². The molecule has 2 atom stereocenters. The molecule has 0 amide bonds. The lowest BCUT2D eigenvalue weighted by Gasteiger charge is -2.30. The highest BCUT2D eigenvalue weighted by Crippen LogP contribution is 2.43. The van der Waals surface area contributed by atoms with Gasteiger partial charge in [0.2, 0.25) is 12.5 Å². The van der Waals surface area contributed by atoms with Gasteiger partial charge in [-0.15, -0.1) is 0 Å². The molecule has 0 saturated heterocycles. The maximum absolute atomic E-state index is 9.46. The van der Waals surface area contributed by atoms with Gasteiger partial charge >= 0.3 is 0 Å². The van der Waals surface area contributed by atoms with E-state index in [1.807, 2.05) is 27.6 Å². The second-order valence-electron chi connectivity index (χ2n) is 7.47. The molecule has 4 rings (SSSR count). The molecule has 7 heteroatoms. The zero-order valence-corrected chi connectivity index (χ0v) is 20.9. The third-order valence-electron chi connectivity index (χ3n) is 5.62. The van der Waals surface area contributed by atoms with E-state index >= 15 is 0 Å². The second kappa shape index (κ2) is 14.3. The van der Waals surface area contributed by atoms with Crippen LogP contribution in [0.5, 0.6) is 28.7 Å². The zero-order chi connectivity index (χ0) is 25.0. The smallest absolute Gasteiger partial charge is 0.231 e. The van der Waals surface area contributed by atoms with Gasteiger partial charge in [-0.3, -0.25) is 0 Å². The summed E-state index contributed by atoms with van der Waals surface area (Å²) in [6.45, 7) is 11.4. The average Bonchev–Trinajstić information content (AvgIpc) is 3.31. The van der Waals surface area contributed by atoms with Crippen molar-refractivity contribution >= 4 is 6.79 Å². The molecule has 0 bridgehead atoms. The van der Waals surface area contributed by atoms with Crippen LogP contribution < -0.4 is 18.9 Å². The lowest BCUT2D eigenvalue weighted by Crippen LogP contribution is -2.22. The molecule has 0 spiro atoms. The van der Waals surface area contributed by atoms with Crippen LogP contribution in [0.1, 0.15) is 49.8 Å². The molecule has 0 aromatic heterocycles. The summed E-state index contributed by atoms with van der Waals surface area (Å²) in [5.74, 6) is 3.88. The fraction of sp³-hybridized carbons (Fsp3) is 0.500. The van der Waals surface area contributed by atoms with Crippen molar-refractivity contribution in [3.05, 3.63) is 41.0 Å². The van der Waals surface area contributed by atoms with E-state index in [0.717, 1.165) is 30.1 Å². The number of carbonyl (C=O) groups excluding carboxylic acids is 1. The van der Waals surface area contributed by atoms with Gasteiger partial charge in [0.25, 0.3) is 0 Å². The number of phenolic OH excluding ortho intramolecular Hbond substituents is 1. The minimum absolute atomic E-state index is 0.0469. The van der Waals surface area contributed by atoms with Crippen LogP contribution in [-0.2, 0) is 16.0 Å². The van der Waals surface area contributed by atoms with Crippen LogP contribution in [0.15, 0.2) is 24.3 Å². The molecule has 1 heterocycles. The molecule has 33 heavy (non-hydrogen) atoms. The van der Waals surface area contributed by atoms with Crippen LogP contribution in [0.2, 0.25) is 0 Å². The molecule has 2 aliphatic rings. The Morgan fingerprint density at radius 1 is 1.00 bits per heavy atom. The molecule has 1 aliphatic heterocycles. The predicted octanol–water partition coefficient (Wildman–Crippen LogP) is 5.29. The number of fused-ring (bicyclic) bond motifs is 2. The van der Waals surface area contributed by atoms with Crippen molar-refractivity contribution in [1.29, 1.82) is 0 Å². The Balaban J connectivity index is 0.000000301. The van der Waals surface area contributed by atoms with Crippen LogP contribution in [0.4, 0.5) is 0 Å². The second-order valence-corrected chi connectivity index (χ2v) is 7.47. The number of rotatable bonds is 4. The van der Waals surface area contributed by atoms with Gasteiger partial charge < -0.3 is 33.6 Å². The number of hydrogen-bond donors (Lipinski definition) is 1. The van der Waals surface area contributed by atoms with Crippen LogP contribution in [0.25, 0.3) is 0 Å². The predicted molar refractivity (Wildman–Crippen MR) is 129 cm³/mol. The molecule has 1 N–H and O–H groups in total. The molecule has 2 aromatic rings. The van der Waals surface area contributed by atoms with Crippen LogP contribution in [0.3, 0.4) is 0 Å². The Bertz CT molecular complexity index is 841. The molecule has 1 aliphatic carbocycles. The van der Waals surface area contributed by atoms with E-state index in [4.69, 9.17) is 28.5 Å². The highest BCUT2D eigenvalue weighted by Gasteiger charge is 2.29. The summed E-state index contributed by atoms with van der Waals surface area (Å²) in [5, 5.41) is 9.46. The molecular formula is C26H38O7. The maximum atomic E-state index is 9.46. The highest BCUT2D eigenvalue weighted by molar-refractivity contribution is 5.52. The van der Waals surface area contributed by atoms with Crippen molar-refractivity contribution in [3.8, 4) is 28.7 Å². The fourth-order valence-electron chi connectivity index (χ4n) is 3.95. The molecule has 184 valence electrons. The van der Waals surface area contributed by atoms with E-state index in [0.29, 0.717) is 30.1 Å². The normalized spacial score (nSPS) is 17.1. The Kier molecular flexibility index (Phi) is 12.1. The Hall–Kier alpha value is -2.93. The minimum Gasteiger partial charge on any atom is -0.502 e. The minimum atomic E-state index is 0.0469. The van der Waals surface area contributed by atoms with Crippen LogP contribution in [0, 0.1) is 12.8 Å². The number of phenols is 1. The highest BCUT2D eigenvalue weighted by atomic mass is 16.7. The van der Waals surface area contributed by atoms with Gasteiger partial charge in [0, 0.05) is 13.7 Å². The van der Waals surface area contributed by atoms with E-state index in [1.54, 1.807) is 19.2 Å². The van der Waals surface area contributed by atoms with Crippen molar-refractivity contribution in [2.75, 3.05) is 34.7 Å². The molecular weight excluding hydrogens is 424 g/mol. The van der Waals surface area contributed by atoms with Gasteiger partial charge in [0.05, 0.1) is 14.2 Å². The molecule has 7 nitrogen and oxygen atoms in total. The van der Waals surface area contributed by atoms with Gasteiger partial charge in [0.15, 0.2) is 23.0 Å². The molecule has 0 saturated carbocycles. The summed E-state index contributed by atoms with van der Waals surface area (Å²) in [6, 6.07) is 7.80. The van der Waals surface area contributed by atoms with Crippen LogP contribution >= 0.6 is 0 Å². The van der Waals surface area contributed by atoms with Crippen molar-refractivity contribution < 1.29 is 33.6 Å². The first-order chi connectivity index (χ1) is 16.0. The number of carbonyl (C=O) groups is 1. The Labute approximate surface area is 197 Å². The number of hydrogen-bond acceptors (Lipinski definition) is 7. The molecule has 2 aromatic carbocycles. The Morgan fingerprint density at radius 2 is 1.55 bits per heavy atom. The number of benzene rings is 2. The lowest BCUT2D eigenvalue weighted by atomic mass is 9.76. The summed E-state index contributed by atoms with van der Waals surface area (Å²) in [4.78, 5) is 8.00. The van der Waals surface area contributed by atoms with E-state index in [9.17, 15) is 5.11 Å². The quantitative estimate of drug-likeness (QED) is 0.661. The summed E-state index contributed by atoms with van der Waals surface area (Å²) in [7, 11) is 4.80. The molecule has 0 radical (unpaired) electrons. The van der Waals surface area contributed by atoms with Crippen LogP contribution in [-0.4, -0.2) is 46.6 Å². The molecule has 0 fully saturated rings. The van der Waals surface area contributed by atoms with E-state index < -0.39 is 0 Å². The summed E-state index contributed by atoms with van der Waals surface area (Å²) < 4.78 is 26.1.